The van der Waals surface area contributed by atoms with Gasteiger partial charge in [0, 0.05) is 18.2 Å². The highest BCUT2D eigenvalue weighted by atomic mass is 32.2. The van der Waals surface area contributed by atoms with Gasteiger partial charge in [0.15, 0.2) is 5.82 Å². The van der Waals surface area contributed by atoms with Gasteiger partial charge in [-0.05, 0) is 59.2 Å². The Bertz CT molecular complexity index is 1810. The van der Waals surface area contributed by atoms with E-state index >= 15 is 0 Å². The molecule has 204 valence electrons. The molecule has 0 radical (unpaired) electrons. The van der Waals surface area contributed by atoms with E-state index in [9.17, 15) is 31.6 Å². The number of sulfonamides is 1. The second kappa shape index (κ2) is 9.85. The Labute approximate surface area is 226 Å². The molecule has 0 aliphatic carbocycles. The van der Waals surface area contributed by atoms with Crippen LogP contribution in [0.5, 0.6) is 0 Å². The van der Waals surface area contributed by atoms with Crippen molar-refractivity contribution in [3.63, 3.8) is 0 Å². The van der Waals surface area contributed by atoms with Crippen LogP contribution in [0.25, 0.3) is 22.5 Å². The summed E-state index contributed by atoms with van der Waals surface area (Å²) in [5.41, 5.74) is 0.845. The van der Waals surface area contributed by atoms with Gasteiger partial charge in [0.25, 0.3) is 5.91 Å². The molecule has 0 saturated carbocycles. The van der Waals surface area contributed by atoms with Crippen molar-refractivity contribution in [3.8, 4) is 28.6 Å². The number of amides is 1. The van der Waals surface area contributed by atoms with Crippen LogP contribution in [0.3, 0.4) is 0 Å². The number of fused-ring (bicyclic) bond motifs is 1. The first-order valence-electron chi connectivity index (χ1n) is 11.7. The maximum Gasteiger partial charge on any atom is 0.416 e. The zero-order chi connectivity index (χ0) is 28.8. The van der Waals surface area contributed by atoms with E-state index in [4.69, 9.17) is 0 Å². The summed E-state index contributed by atoms with van der Waals surface area (Å²) < 4.78 is 68.7. The van der Waals surface area contributed by atoms with Gasteiger partial charge >= 0.3 is 6.18 Å². The number of carbonyl (C=O) groups excluding carboxylic acids is 1. The molecule has 0 atom stereocenters. The standard InChI is InChI=1S/C26H20F3N7O3S/c1-35-14-31-34-24(35)18-7-6-15(11-30)8-20(18)16-9-17(12-32-40(2,38)39)33-23(10-16)36-13-21-19(25(36)37)4-3-5-22(21)26(27,28)29/h3-10,14,32H,12-13H2,1-2H3. The lowest BCUT2D eigenvalue weighted by Gasteiger charge is -2.19. The molecule has 1 N–H and O–H groups in total. The van der Waals surface area contributed by atoms with Gasteiger partial charge in [-0.2, -0.15) is 18.4 Å². The second-order valence-corrected chi connectivity index (χ2v) is 11.0. The molecule has 0 bridgehead atoms. The summed E-state index contributed by atoms with van der Waals surface area (Å²) in [6.07, 6.45) is -2.20. The topological polar surface area (TPSA) is 134 Å². The summed E-state index contributed by atoms with van der Waals surface area (Å²) in [6, 6.07) is 13.5. The summed E-state index contributed by atoms with van der Waals surface area (Å²) in [6.45, 7) is -0.632. The van der Waals surface area contributed by atoms with Crippen LogP contribution in [-0.2, 0) is 36.3 Å². The molecule has 1 aliphatic heterocycles. The lowest BCUT2D eigenvalue weighted by Crippen LogP contribution is -2.26. The number of pyridine rings is 1. The van der Waals surface area contributed by atoms with Crippen LogP contribution in [0.2, 0.25) is 0 Å². The van der Waals surface area contributed by atoms with Gasteiger partial charge < -0.3 is 4.57 Å². The van der Waals surface area contributed by atoms with Crippen LogP contribution in [0, 0.1) is 11.3 Å². The molecule has 14 heteroatoms. The number of hydrogen-bond donors (Lipinski definition) is 1. The Hall–Kier alpha value is -4.61. The molecule has 0 fully saturated rings. The predicted molar refractivity (Wildman–Crippen MR) is 138 cm³/mol. The van der Waals surface area contributed by atoms with E-state index in [0.717, 1.165) is 17.2 Å². The molecule has 5 rings (SSSR count). The molecular weight excluding hydrogens is 547 g/mol. The zero-order valence-corrected chi connectivity index (χ0v) is 21.9. The maximum atomic E-state index is 13.7. The number of nitrogens with one attached hydrogen (secondary N) is 1. The average molecular weight is 568 g/mol. The number of carbonyl (C=O) groups is 1. The molecule has 40 heavy (non-hydrogen) atoms. The summed E-state index contributed by atoms with van der Waals surface area (Å²) in [5.74, 6) is -0.191. The van der Waals surface area contributed by atoms with Crippen molar-refractivity contribution in [2.75, 3.05) is 11.2 Å². The first-order chi connectivity index (χ1) is 18.9. The third-order valence-electron chi connectivity index (χ3n) is 6.34. The van der Waals surface area contributed by atoms with Gasteiger partial charge in [-0.3, -0.25) is 9.69 Å². The van der Waals surface area contributed by atoms with E-state index < -0.39 is 27.7 Å². The third-order valence-corrected chi connectivity index (χ3v) is 7.01. The van der Waals surface area contributed by atoms with Crippen molar-refractivity contribution in [3.05, 3.63) is 82.8 Å². The van der Waals surface area contributed by atoms with Gasteiger partial charge in [-0.15, -0.1) is 10.2 Å². The lowest BCUT2D eigenvalue weighted by molar-refractivity contribution is -0.138. The number of halogens is 3. The molecular formula is C26H20F3N7O3S. The number of hydrogen-bond acceptors (Lipinski definition) is 7. The van der Waals surface area contributed by atoms with Gasteiger partial charge in [-0.1, -0.05) is 6.07 Å². The maximum absolute atomic E-state index is 13.7. The summed E-state index contributed by atoms with van der Waals surface area (Å²) in [7, 11) is -1.90. The number of nitrogens with zero attached hydrogens (tertiary/aromatic N) is 6. The highest BCUT2D eigenvalue weighted by molar-refractivity contribution is 7.88. The van der Waals surface area contributed by atoms with Crippen molar-refractivity contribution < 1.29 is 26.4 Å². The predicted octanol–water partition coefficient (Wildman–Crippen LogP) is 3.64. The van der Waals surface area contributed by atoms with Crippen molar-refractivity contribution in [1.29, 1.82) is 5.26 Å². The molecule has 1 amide bonds. The van der Waals surface area contributed by atoms with Crippen LogP contribution in [0.1, 0.15) is 32.7 Å². The van der Waals surface area contributed by atoms with E-state index in [1.807, 2.05) is 0 Å². The van der Waals surface area contributed by atoms with Gasteiger partial charge in [0.2, 0.25) is 10.0 Å². The molecule has 0 saturated heterocycles. The first-order valence-corrected chi connectivity index (χ1v) is 13.6. The average Bonchev–Trinajstić information content (AvgIpc) is 3.48. The Morgan fingerprint density at radius 1 is 1.10 bits per heavy atom. The number of benzene rings is 2. The zero-order valence-electron chi connectivity index (χ0n) is 21.1. The van der Waals surface area contributed by atoms with Gasteiger partial charge in [0.1, 0.15) is 12.1 Å². The first kappa shape index (κ1) is 27.0. The smallest absolute Gasteiger partial charge is 0.317 e. The fourth-order valence-corrected chi connectivity index (χ4v) is 4.93. The van der Waals surface area contributed by atoms with Crippen LogP contribution in [-0.4, -0.2) is 40.3 Å². The monoisotopic (exact) mass is 567 g/mol. The third kappa shape index (κ3) is 5.16. The SMILES string of the molecule is Cn1cnnc1-c1ccc(C#N)cc1-c1cc(CNS(C)(=O)=O)nc(N2Cc3c(cccc3C(F)(F)F)C2=O)c1. The van der Waals surface area contributed by atoms with E-state index in [1.54, 1.807) is 35.9 Å². The van der Waals surface area contributed by atoms with Gasteiger partial charge in [0.05, 0.1) is 42.2 Å². The molecule has 0 unspecified atom stereocenters. The molecule has 0 spiro atoms. The highest BCUT2D eigenvalue weighted by Crippen LogP contribution is 2.39. The van der Waals surface area contributed by atoms with E-state index in [1.165, 1.54) is 24.5 Å². The van der Waals surface area contributed by atoms with Crippen LogP contribution >= 0.6 is 0 Å². The quantitative estimate of drug-likeness (QED) is 0.376. The highest BCUT2D eigenvalue weighted by Gasteiger charge is 2.40. The molecule has 3 heterocycles. The Balaban J connectivity index is 1.68. The summed E-state index contributed by atoms with van der Waals surface area (Å²) >= 11 is 0. The Morgan fingerprint density at radius 3 is 2.52 bits per heavy atom. The fourth-order valence-electron chi connectivity index (χ4n) is 4.52. The molecule has 1 aliphatic rings. The normalized spacial score (nSPS) is 13.4. The molecule has 2 aromatic carbocycles. The number of aryl methyl sites for hydroxylation is 1. The van der Waals surface area contributed by atoms with Crippen molar-refractivity contribution in [2.45, 2.75) is 19.3 Å². The van der Waals surface area contributed by atoms with Crippen molar-refractivity contribution >= 4 is 21.7 Å². The van der Waals surface area contributed by atoms with Crippen molar-refractivity contribution in [1.82, 2.24) is 24.5 Å². The second-order valence-electron chi connectivity index (χ2n) is 9.16. The minimum atomic E-state index is -4.66. The van der Waals surface area contributed by atoms with E-state index in [2.05, 4.69) is 26.0 Å². The molecule has 10 nitrogen and oxygen atoms in total. The number of nitriles is 1. The van der Waals surface area contributed by atoms with Crippen LogP contribution < -0.4 is 9.62 Å². The number of rotatable bonds is 6. The minimum absolute atomic E-state index is 0.0170. The largest absolute Gasteiger partial charge is 0.416 e. The number of anilines is 1. The number of alkyl halides is 3. The van der Waals surface area contributed by atoms with Crippen molar-refractivity contribution in [2.24, 2.45) is 7.05 Å². The van der Waals surface area contributed by atoms with Crippen LogP contribution in [0.4, 0.5) is 19.0 Å². The number of aromatic nitrogens is 4. The Kier molecular flexibility index (Phi) is 6.64. The van der Waals surface area contributed by atoms with E-state index in [-0.39, 0.29) is 35.7 Å². The Morgan fingerprint density at radius 2 is 1.88 bits per heavy atom. The molecule has 4 aromatic rings. The lowest BCUT2D eigenvalue weighted by atomic mass is 9.96. The summed E-state index contributed by atoms with van der Waals surface area (Å²) in [4.78, 5) is 18.8. The minimum Gasteiger partial charge on any atom is -0.317 e. The van der Waals surface area contributed by atoms with Gasteiger partial charge in [-0.25, -0.2) is 18.1 Å². The summed E-state index contributed by atoms with van der Waals surface area (Å²) in [5, 5.41) is 17.6. The van der Waals surface area contributed by atoms with E-state index in [0.29, 0.717) is 28.1 Å². The van der Waals surface area contributed by atoms with Crippen LogP contribution in [0.15, 0.2) is 54.9 Å². The fraction of sp³-hybridized carbons (Fsp3) is 0.192. The molecule has 2 aromatic heterocycles.